The van der Waals surface area contributed by atoms with Crippen molar-refractivity contribution in [1.29, 1.82) is 0 Å². The summed E-state index contributed by atoms with van der Waals surface area (Å²) in [5.41, 5.74) is 2.31. The summed E-state index contributed by atoms with van der Waals surface area (Å²) in [4.78, 5) is 11.8. The Labute approximate surface area is 110 Å². The van der Waals surface area contributed by atoms with E-state index in [0.717, 1.165) is 12.0 Å². The number of benzene rings is 1. The molecule has 0 amide bonds. The van der Waals surface area contributed by atoms with E-state index < -0.39 is 0 Å². The molecule has 0 heterocycles. The van der Waals surface area contributed by atoms with Crippen LogP contribution in [-0.2, 0) is 9.53 Å². The van der Waals surface area contributed by atoms with Crippen LogP contribution in [0.15, 0.2) is 24.3 Å². The SMILES string of the molecule is Cc1ccc([C@@H](CC(C)C)OC(=O)C(C)C)cc1. The number of hydrogen-bond donors (Lipinski definition) is 0. The lowest BCUT2D eigenvalue weighted by atomic mass is 9.98. The van der Waals surface area contributed by atoms with E-state index in [2.05, 4.69) is 45.0 Å². The second-order valence-electron chi connectivity index (χ2n) is 5.62. The van der Waals surface area contributed by atoms with Gasteiger partial charge in [-0.15, -0.1) is 0 Å². The van der Waals surface area contributed by atoms with E-state index >= 15 is 0 Å². The van der Waals surface area contributed by atoms with Crippen molar-refractivity contribution in [3.8, 4) is 0 Å². The minimum absolute atomic E-state index is 0.0786. The van der Waals surface area contributed by atoms with Crippen molar-refractivity contribution in [1.82, 2.24) is 0 Å². The molecule has 0 aliphatic carbocycles. The van der Waals surface area contributed by atoms with Gasteiger partial charge in [-0.1, -0.05) is 57.5 Å². The van der Waals surface area contributed by atoms with Crippen molar-refractivity contribution in [2.24, 2.45) is 11.8 Å². The number of esters is 1. The predicted octanol–water partition coefficient (Wildman–Crippen LogP) is 4.28. The molecule has 0 radical (unpaired) electrons. The minimum Gasteiger partial charge on any atom is -0.457 e. The third kappa shape index (κ3) is 4.52. The molecule has 0 spiro atoms. The first-order chi connectivity index (χ1) is 8.40. The first-order valence-corrected chi connectivity index (χ1v) is 6.67. The molecule has 0 aliphatic rings. The van der Waals surface area contributed by atoms with E-state index in [1.165, 1.54) is 5.56 Å². The summed E-state index contributed by atoms with van der Waals surface area (Å²) in [6, 6.07) is 8.23. The summed E-state index contributed by atoms with van der Waals surface area (Å²) < 4.78 is 5.61. The zero-order valence-corrected chi connectivity index (χ0v) is 12.1. The highest BCUT2D eigenvalue weighted by molar-refractivity contribution is 5.71. The maximum absolute atomic E-state index is 11.8. The number of aryl methyl sites for hydroxylation is 1. The molecule has 2 heteroatoms. The van der Waals surface area contributed by atoms with Gasteiger partial charge >= 0.3 is 5.97 Å². The van der Waals surface area contributed by atoms with E-state index in [0.29, 0.717) is 5.92 Å². The average molecular weight is 248 g/mol. The second-order valence-corrected chi connectivity index (χ2v) is 5.62. The normalized spacial score (nSPS) is 12.8. The van der Waals surface area contributed by atoms with Crippen LogP contribution >= 0.6 is 0 Å². The fourth-order valence-electron chi connectivity index (χ4n) is 1.74. The smallest absolute Gasteiger partial charge is 0.308 e. The van der Waals surface area contributed by atoms with Crippen LogP contribution in [0.5, 0.6) is 0 Å². The van der Waals surface area contributed by atoms with Gasteiger partial charge in [0.25, 0.3) is 0 Å². The Balaban J connectivity index is 2.84. The summed E-state index contributed by atoms with van der Waals surface area (Å²) in [6.07, 6.45) is 0.738. The van der Waals surface area contributed by atoms with E-state index in [1.54, 1.807) is 0 Å². The fourth-order valence-corrected chi connectivity index (χ4v) is 1.74. The van der Waals surface area contributed by atoms with Gasteiger partial charge in [0, 0.05) is 0 Å². The quantitative estimate of drug-likeness (QED) is 0.727. The molecule has 0 saturated carbocycles. The van der Waals surface area contributed by atoms with E-state index in [4.69, 9.17) is 4.74 Å². The number of carbonyl (C=O) groups is 1. The lowest BCUT2D eigenvalue weighted by Gasteiger charge is -2.21. The van der Waals surface area contributed by atoms with Crippen molar-refractivity contribution in [3.05, 3.63) is 35.4 Å². The van der Waals surface area contributed by atoms with Crippen molar-refractivity contribution in [2.75, 3.05) is 0 Å². The van der Waals surface area contributed by atoms with E-state index in [1.807, 2.05) is 13.8 Å². The monoisotopic (exact) mass is 248 g/mol. The van der Waals surface area contributed by atoms with Gasteiger partial charge in [0.2, 0.25) is 0 Å². The molecule has 1 aromatic carbocycles. The van der Waals surface area contributed by atoms with Gasteiger partial charge in [0.05, 0.1) is 5.92 Å². The second kappa shape index (κ2) is 6.58. The Hall–Kier alpha value is -1.31. The van der Waals surface area contributed by atoms with Crippen LogP contribution in [0.25, 0.3) is 0 Å². The van der Waals surface area contributed by atoms with Gasteiger partial charge in [0.15, 0.2) is 0 Å². The Morgan fingerprint density at radius 2 is 1.67 bits per heavy atom. The first-order valence-electron chi connectivity index (χ1n) is 6.67. The standard InChI is InChI=1S/C16H24O2/c1-11(2)10-15(18-16(17)12(3)4)14-8-6-13(5)7-9-14/h6-9,11-12,15H,10H2,1-5H3/t15-/m1/s1. The molecule has 2 nitrogen and oxygen atoms in total. The van der Waals surface area contributed by atoms with Gasteiger partial charge in [0.1, 0.15) is 6.10 Å². The molecule has 0 unspecified atom stereocenters. The van der Waals surface area contributed by atoms with Crippen LogP contribution in [0.1, 0.15) is 51.3 Å². The molecule has 1 aromatic rings. The molecule has 0 saturated heterocycles. The van der Waals surface area contributed by atoms with E-state index in [9.17, 15) is 4.79 Å². The van der Waals surface area contributed by atoms with Crippen LogP contribution in [0.4, 0.5) is 0 Å². The number of carbonyl (C=O) groups excluding carboxylic acids is 1. The Bertz CT molecular complexity index is 377. The highest BCUT2D eigenvalue weighted by atomic mass is 16.5. The molecule has 18 heavy (non-hydrogen) atoms. The largest absolute Gasteiger partial charge is 0.457 e. The highest BCUT2D eigenvalue weighted by Gasteiger charge is 2.19. The van der Waals surface area contributed by atoms with Crippen LogP contribution in [0, 0.1) is 18.8 Å². The zero-order valence-electron chi connectivity index (χ0n) is 12.1. The molecule has 0 N–H and O–H groups in total. The highest BCUT2D eigenvalue weighted by Crippen LogP contribution is 2.26. The molecular formula is C16H24O2. The minimum atomic E-state index is -0.125. The molecular weight excluding hydrogens is 224 g/mol. The third-order valence-electron chi connectivity index (χ3n) is 2.86. The van der Waals surface area contributed by atoms with Crippen LogP contribution in [0.3, 0.4) is 0 Å². The van der Waals surface area contributed by atoms with Crippen LogP contribution in [0.2, 0.25) is 0 Å². The summed E-state index contributed by atoms with van der Waals surface area (Å²) in [7, 11) is 0. The van der Waals surface area contributed by atoms with Gasteiger partial charge in [-0.05, 0) is 24.8 Å². The first kappa shape index (κ1) is 14.7. The third-order valence-corrected chi connectivity index (χ3v) is 2.86. The molecule has 0 aliphatic heterocycles. The zero-order chi connectivity index (χ0) is 13.7. The number of ether oxygens (including phenoxy) is 1. The topological polar surface area (TPSA) is 26.3 Å². The van der Waals surface area contributed by atoms with Gasteiger partial charge in [-0.2, -0.15) is 0 Å². The van der Waals surface area contributed by atoms with Crippen molar-refractivity contribution in [3.63, 3.8) is 0 Å². The molecule has 0 aromatic heterocycles. The van der Waals surface area contributed by atoms with Gasteiger partial charge in [-0.3, -0.25) is 4.79 Å². The Morgan fingerprint density at radius 1 is 1.11 bits per heavy atom. The lowest BCUT2D eigenvalue weighted by molar-refractivity contribution is -0.154. The Kier molecular flexibility index (Phi) is 5.39. The average Bonchev–Trinajstić information content (AvgIpc) is 2.28. The molecule has 100 valence electrons. The fraction of sp³-hybridized carbons (Fsp3) is 0.562. The predicted molar refractivity (Wildman–Crippen MR) is 74.3 cm³/mol. The van der Waals surface area contributed by atoms with E-state index in [-0.39, 0.29) is 18.0 Å². The Morgan fingerprint density at radius 3 is 2.11 bits per heavy atom. The molecule has 0 bridgehead atoms. The maximum Gasteiger partial charge on any atom is 0.308 e. The number of rotatable bonds is 5. The molecule has 0 fully saturated rings. The maximum atomic E-state index is 11.8. The van der Waals surface area contributed by atoms with Crippen molar-refractivity contribution >= 4 is 5.97 Å². The summed E-state index contributed by atoms with van der Waals surface area (Å²) in [5.74, 6) is 0.294. The van der Waals surface area contributed by atoms with Crippen LogP contribution in [-0.4, -0.2) is 5.97 Å². The van der Waals surface area contributed by atoms with Crippen molar-refractivity contribution < 1.29 is 9.53 Å². The number of hydrogen-bond acceptors (Lipinski definition) is 2. The van der Waals surface area contributed by atoms with Gasteiger partial charge in [-0.25, -0.2) is 0 Å². The lowest BCUT2D eigenvalue weighted by Crippen LogP contribution is -2.17. The molecule has 1 atom stereocenters. The summed E-state index contributed by atoms with van der Waals surface area (Å²) in [6.45, 7) is 10.1. The summed E-state index contributed by atoms with van der Waals surface area (Å²) >= 11 is 0. The van der Waals surface area contributed by atoms with Crippen molar-refractivity contribution in [2.45, 2.75) is 47.1 Å². The van der Waals surface area contributed by atoms with Crippen LogP contribution < -0.4 is 0 Å². The molecule has 1 rings (SSSR count). The van der Waals surface area contributed by atoms with Gasteiger partial charge < -0.3 is 4.74 Å². The summed E-state index contributed by atoms with van der Waals surface area (Å²) in [5, 5.41) is 0.